The van der Waals surface area contributed by atoms with Crippen molar-refractivity contribution in [3.63, 3.8) is 0 Å². The molecular weight excluding hydrogens is 476 g/mol. The Kier molecular flexibility index (Phi) is 17.3. The molecule has 0 aliphatic heterocycles. The van der Waals surface area contributed by atoms with Gasteiger partial charge in [-0.1, -0.05) is 12.1 Å². The van der Waals surface area contributed by atoms with Gasteiger partial charge in [-0.2, -0.15) is 36.4 Å². The van der Waals surface area contributed by atoms with Crippen LogP contribution in [0.5, 0.6) is 11.5 Å². The van der Waals surface area contributed by atoms with Crippen molar-refractivity contribution in [3.05, 3.63) is 109 Å². The smallest absolute Gasteiger partial charge is 0.508 e. The third kappa shape index (κ3) is 14.9. The Morgan fingerprint density at radius 3 is 1.10 bits per heavy atom. The van der Waals surface area contributed by atoms with Crippen molar-refractivity contribution >= 4 is 23.5 Å². The fourth-order valence-corrected chi connectivity index (χ4v) is 2.77. The van der Waals surface area contributed by atoms with Gasteiger partial charge in [0.2, 0.25) is 0 Å². The largest absolute Gasteiger partial charge is 2.00 e. The van der Waals surface area contributed by atoms with E-state index >= 15 is 0 Å². The molecule has 0 saturated carbocycles. The Bertz CT molecular complexity index is 726. The molecule has 0 aromatic heterocycles. The summed E-state index contributed by atoms with van der Waals surface area (Å²) in [6.07, 6.45) is 3.96. The minimum atomic E-state index is 0. The second-order valence-electron chi connectivity index (χ2n) is 5.33. The average molecular weight is 502 g/mol. The first-order chi connectivity index (χ1) is 13.7. The zero-order chi connectivity index (χ0) is 20.5. The number of thioether (sulfide) groups is 2. The average Bonchev–Trinajstić information content (AvgIpc) is 3.47. The molecule has 2 N–H and O–H groups in total. The van der Waals surface area contributed by atoms with E-state index in [0.29, 0.717) is 11.5 Å². The molecule has 150 valence electrons. The number of hydrogen-bond acceptors (Lipinski definition) is 4. The fraction of sp³-hybridized carbons (Fsp3) is 0.0833. The predicted octanol–water partition coefficient (Wildman–Crippen LogP) is 7.04. The van der Waals surface area contributed by atoms with Crippen LogP contribution in [-0.4, -0.2) is 22.7 Å². The number of phenolic OH excluding ortho intramolecular Hbond substituents is 2. The molecule has 0 fully saturated rings. The van der Waals surface area contributed by atoms with E-state index in [1.165, 1.54) is 0 Å². The summed E-state index contributed by atoms with van der Waals surface area (Å²) in [5.74, 6) is 0.670. The zero-order valence-electron chi connectivity index (χ0n) is 16.6. The van der Waals surface area contributed by atoms with Gasteiger partial charge in [0.15, 0.2) is 0 Å². The minimum absolute atomic E-state index is 0. The van der Waals surface area contributed by atoms with Gasteiger partial charge in [0.1, 0.15) is 11.5 Å². The molecule has 0 heterocycles. The molecule has 4 aromatic rings. The van der Waals surface area contributed by atoms with Crippen molar-refractivity contribution in [2.45, 2.75) is 9.79 Å². The molecule has 0 spiro atoms. The van der Waals surface area contributed by atoms with Crippen LogP contribution < -0.4 is 0 Å². The Hall–Kier alpha value is -1.68. The van der Waals surface area contributed by atoms with Gasteiger partial charge in [-0.05, 0) is 48.9 Å². The van der Waals surface area contributed by atoms with Crippen LogP contribution in [0.3, 0.4) is 0 Å². The molecule has 0 unspecified atom stereocenters. The van der Waals surface area contributed by atoms with Crippen LogP contribution in [0, 0.1) is 0 Å². The molecule has 4 aromatic carbocycles. The van der Waals surface area contributed by atoms with Crippen LogP contribution in [0.2, 0.25) is 0 Å². The SMILES string of the molecule is CSc1cccc(O)c1.CSc1cccc(O)c1.[Zr+2].c1cc[cH-]c1.c1cc[cH-]c1. The summed E-state index contributed by atoms with van der Waals surface area (Å²) >= 11 is 3.25. The monoisotopic (exact) mass is 500 g/mol. The molecule has 0 aliphatic carbocycles. The Morgan fingerprint density at radius 2 is 0.931 bits per heavy atom. The summed E-state index contributed by atoms with van der Waals surface area (Å²) in [6.45, 7) is 0. The first-order valence-electron chi connectivity index (χ1n) is 8.65. The zero-order valence-corrected chi connectivity index (χ0v) is 20.7. The number of aromatic hydroxyl groups is 2. The summed E-state index contributed by atoms with van der Waals surface area (Å²) < 4.78 is 0. The van der Waals surface area contributed by atoms with Gasteiger partial charge >= 0.3 is 26.2 Å². The fourth-order valence-electron chi connectivity index (χ4n) is 1.86. The Balaban J connectivity index is 0.000000369. The van der Waals surface area contributed by atoms with Gasteiger partial charge in [0.05, 0.1) is 0 Å². The molecule has 0 aliphatic rings. The van der Waals surface area contributed by atoms with E-state index < -0.39 is 0 Å². The van der Waals surface area contributed by atoms with Gasteiger partial charge < -0.3 is 10.2 Å². The van der Waals surface area contributed by atoms with Crippen molar-refractivity contribution in [2.75, 3.05) is 12.5 Å². The van der Waals surface area contributed by atoms with E-state index in [-0.39, 0.29) is 26.2 Å². The quantitative estimate of drug-likeness (QED) is 0.228. The maximum Gasteiger partial charge on any atom is 2.00 e. The summed E-state index contributed by atoms with van der Waals surface area (Å²) in [5.41, 5.74) is 0. The van der Waals surface area contributed by atoms with Crippen molar-refractivity contribution in [2.24, 2.45) is 0 Å². The van der Waals surface area contributed by atoms with Gasteiger partial charge in [-0.3, -0.25) is 0 Å². The first-order valence-corrected chi connectivity index (χ1v) is 11.1. The summed E-state index contributed by atoms with van der Waals surface area (Å²) in [6, 6.07) is 34.4. The molecule has 2 nitrogen and oxygen atoms in total. The molecule has 29 heavy (non-hydrogen) atoms. The van der Waals surface area contributed by atoms with Crippen molar-refractivity contribution in [1.29, 1.82) is 0 Å². The maximum absolute atomic E-state index is 8.93. The van der Waals surface area contributed by atoms with Crippen LogP contribution in [0.4, 0.5) is 0 Å². The van der Waals surface area contributed by atoms with E-state index in [4.69, 9.17) is 10.2 Å². The van der Waals surface area contributed by atoms with Gasteiger partial charge in [0.25, 0.3) is 0 Å². The maximum atomic E-state index is 8.93. The number of benzene rings is 2. The second-order valence-corrected chi connectivity index (χ2v) is 7.09. The van der Waals surface area contributed by atoms with Crippen LogP contribution in [0.1, 0.15) is 0 Å². The van der Waals surface area contributed by atoms with Crippen LogP contribution in [0.15, 0.2) is 119 Å². The third-order valence-corrected chi connectivity index (χ3v) is 4.67. The van der Waals surface area contributed by atoms with E-state index in [0.717, 1.165) is 9.79 Å². The van der Waals surface area contributed by atoms with Crippen molar-refractivity contribution in [1.82, 2.24) is 0 Å². The molecule has 0 radical (unpaired) electrons. The molecule has 0 atom stereocenters. The van der Waals surface area contributed by atoms with E-state index in [9.17, 15) is 0 Å². The number of hydrogen-bond donors (Lipinski definition) is 2. The molecule has 5 heteroatoms. The topological polar surface area (TPSA) is 40.5 Å². The normalized spacial score (nSPS) is 8.62. The summed E-state index contributed by atoms with van der Waals surface area (Å²) in [4.78, 5) is 2.19. The van der Waals surface area contributed by atoms with Crippen LogP contribution >= 0.6 is 23.5 Å². The van der Waals surface area contributed by atoms with E-state index in [1.54, 1.807) is 47.8 Å². The molecule has 4 rings (SSSR count). The van der Waals surface area contributed by atoms with E-state index in [2.05, 4.69) is 0 Å². The number of phenols is 2. The molecule has 0 amide bonds. The standard InChI is InChI=1S/2C7H8OS.2C5H5.Zr/c2*1-9-7-4-2-3-6(8)5-7;2*1-2-4-5-3-1;/h2*2-5,8H,1H3;2*1-5H;/q;;2*-1;+2. The molecule has 0 bridgehead atoms. The van der Waals surface area contributed by atoms with Gasteiger partial charge in [0, 0.05) is 9.79 Å². The van der Waals surface area contributed by atoms with Crippen LogP contribution in [-0.2, 0) is 26.2 Å². The Morgan fingerprint density at radius 1 is 0.586 bits per heavy atom. The molecular formula is C24H26O2S2Zr. The van der Waals surface area contributed by atoms with Crippen LogP contribution in [0.25, 0.3) is 0 Å². The Labute approximate surface area is 201 Å². The van der Waals surface area contributed by atoms with Gasteiger partial charge in [-0.15, -0.1) is 23.5 Å². The minimum Gasteiger partial charge on any atom is -0.508 e. The third-order valence-electron chi connectivity index (χ3n) is 3.22. The first kappa shape index (κ1) is 27.3. The summed E-state index contributed by atoms with van der Waals surface area (Å²) in [5, 5.41) is 17.9. The number of rotatable bonds is 2. The summed E-state index contributed by atoms with van der Waals surface area (Å²) in [7, 11) is 0. The predicted molar refractivity (Wildman–Crippen MR) is 124 cm³/mol. The second kappa shape index (κ2) is 18.4. The molecule has 0 saturated heterocycles. The van der Waals surface area contributed by atoms with E-state index in [1.807, 2.05) is 97.4 Å². The van der Waals surface area contributed by atoms with Crippen molar-refractivity contribution < 1.29 is 36.4 Å². The van der Waals surface area contributed by atoms with Gasteiger partial charge in [-0.25, -0.2) is 24.3 Å². The van der Waals surface area contributed by atoms with Crippen molar-refractivity contribution in [3.8, 4) is 11.5 Å².